The molecule has 0 radical (unpaired) electrons. The zero-order valence-electron chi connectivity index (χ0n) is 7.70. The lowest BCUT2D eigenvalue weighted by Crippen LogP contribution is -2.17. The SMILES string of the molecule is CO[C@@H](c1ccccc1I)[C@H](C)O. The van der Waals surface area contributed by atoms with Crippen LogP contribution in [0.2, 0.25) is 0 Å². The first-order valence-electron chi connectivity index (χ1n) is 4.12. The highest BCUT2D eigenvalue weighted by molar-refractivity contribution is 14.1. The largest absolute Gasteiger partial charge is 0.390 e. The zero-order valence-corrected chi connectivity index (χ0v) is 9.86. The molecule has 0 fully saturated rings. The Morgan fingerprint density at radius 3 is 2.46 bits per heavy atom. The molecular weight excluding hydrogens is 279 g/mol. The highest BCUT2D eigenvalue weighted by Gasteiger charge is 2.18. The number of ether oxygens (including phenoxy) is 1. The minimum Gasteiger partial charge on any atom is -0.390 e. The van der Waals surface area contributed by atoms with Gasteiger partial charge in [-0.15, -0.1) is 0 Å². The van der Waals surface area contributed by atoms with E-state index >= 15 is 0 Å². The molecular formula is C10H13IO2. The Kier molecular flexibility index (Phi) is 4.15. The van der Waals surface area contributed by atoms with Crippen LogP contribution in [0.25, 0.3) is 0 Å². The Labute approximate surface area is 92.1 Å². The highest BCUT2D eigenvalue weighted by Crippen LogP contribution is 2.24. The number of methoxy groups -OCH3 is 1. The summed E-state index contributed by atoms with van der Waals surface area (Å²) in [7, 11) is 1.61. The van der Waals surface area contributed by atoms with Gasteiger partial charge in [0.05, 0.1) is 6.10 Å². The van der Waals surface area contributed by atoms with Gasteiger partial charge in [-0.1, -0.05) is 18.2 Å². The van der Waals surface area contributed by atoms with Crippen LogP contribution in [0.5, 0.6) is 0 Å². The van der Waals surface area contributed by atoms with Crippen molar-refractivity contribution in [3.05, 3.63) is 33.4 Å². The molecule has 0 aliphatic rings. The summed E-state index contributed by atoms with van der Waals surface area (Å²) in [5.41, 5.74) is 1.04. The van der Waals surface area contributed by atoms with Gasteiger partial charge in [0.1, 0.15) is 6.10 Å². The van der Waals surface area contributed by atoms with Crippen LogP contribution in [0.15, 0.2) is 24.3 Å². The van der Waals surface area contributed by atoms with Gasteiger partial charge in [-0.3, -0.25) is 0 Å². The predicted molar refractivity (Wildman–Crippen MR) is 60.6 cm³/mol. The first-order chi connectivity index (χ1) is 6.16. The third-order valence-electron chi connectivity index (χ3n) is 1.90. The van der Waals surface area contributed by atoms with Gasteiger partial charge in [0, 0.05) is 10.7 Å². The number of rotatable bonds is 3. The van der Waals surface area contributed by atoms with E-state index in [0.29, 0.717) is 0 Å². The third kappa shape index (κ3) is 2.65. The Morgan fingerprint density at radius 2 is 2.00 bits per heavy atom. The van der Waals surface area contributed by atoms with Crippen LogP contribution < -0.4 is 0 Å². The second-order valence-corrected chi connectivity index (χ2v) is 4.08. The lowest BCUT2D eigenvalue weighted by molar-refractivity contribution is -0.00395. The number of hydrogen-bond donors (Lipinski definition) is 1. The van der Waals surface area contributed by atoms with Gasteiger partial charge in [0.25, 0.3) is 0 Å². The molecule has 72 valence electrons. The van der Waals surface area contributed by atoms with E-state index in [4.69, 9.17) is 4.74 Å². The molecule has 2 nitrogen and oxygen atoms in total. The van der Waals surface area contributed by atoms with E-state index < -0.39 is 6.10 Å². The van der Waals surface area contributed by atoms with Gasteiger partial charge in [-0.2, -0.15) is 0 Å². The molecule has 1 aromatic rings. The zero-order chi connectivity index (χ0) is 9.84. The summed E-state index contributed by atoms with van der Waals surface area (Å²) in [6.45, 7) is 1.73. The highest BCUT2D eigenvalue weighted by atomic mass is 127. The summed E-state index contributed by atoms with van der Waals surface area (Å²) in [5, 5.41) is 9.46. The second kappa shape index (κ2) is 4.93. The van der Waals surface area contributed by atoms with Crippen molar-refractivity contribution in [3.8, 4) is 0 Å². The molecule has 0 spiro atoms. The quantitative estimate of drug-likeness (QED) is 0.867. The summed E-state index contributed by atoms with van der Waals surface area (Å²) in [6, 6.07) is 7.90. The third-order valence-corrected chi connectivity index (χ3v) is 2.89. The van der Waals surface area contributed by atoms with Crippen LogP contribution in [0, 0.1) is 3.57 Å². The minimum atomic E-state index is -0.485. The van der Waals surface area contributed by atoms with E-state index in [0.717, 1.165) is 9.13 Å². The van der Waals surface area contributed by atoms with E-state index in [1.165, 1.54) is 0 Å². The van der Waals surface area contributed by atoms with Crippen molar-refractivity contribution < 1.29 is 9.84 Å². The van der Waals surface area contributed by atoms with E-state index in [9.17, 15) is 5.11 Å². The van der Waals surface area contributed by atoms with Gasteiger partial charge >= 0.3 is 0 Å². The molecule has 3 heteroatoms. The summed E-state index contributed by atoms with van der Waals surface area (Å²) < 4.78 is 6.34. The maximum atomic E-state index is 9.46. The maximum Gasteiger partial charge on any atom is 0.109 e. The topological polar surface area (TPSA) is 29.5 Å². The molecule has 0 amide bonds. The Bertz CT molecular complexity index is 273. The van der Waals surface area contributed by atoms with Crippen molar-refractivity contribution in [1.29, 1.82) is 0 Å². The molecule has 0 saturated heterocycles. The molecule has 0 aliphatic carbocycles. The molecule has 1 rings (SSSR count). The number of aliphatic hydroxyl groups excluding tert-OH is 1. The molecule has 1 N–H and O–H groups in total. The molecule has 1 aromatic carbocycles. The molecule has 0 bridgehead atoms. The van der Waals surface area contributed by atoms with Crippen molar-refractivity contribution in [2.24, 2.45) is 0 Å². The van der Waals surface area contributed by atoms with Gasteiger partial charge in [0.15, 0.2) is 0 Å². The van der Waals surface area contributed by atoms with Crippen LogP contribution in [-0.2, 0) is 4.74 Å². The number of hydrogen-bond acceptors (Lipinski definition) is 2. The summed E-state index contributed by atoms with van der Waals surface area (Å²) in [6.07, 6.45) is -0.714. The lowest BCUT2D eigenvalue weighted by Gasteiger charge is -2.19. The normalized spacial score (nSPS) is 15.4. The van der Waals surface area contributed by atoms with Crippen molar-refractivity contribution in [2.45, 2.75) is 19.1 Å². The predicted octanol–water partition coefficient (Wildman–Crippen LogP) is 2.36. The van der Waals surface area contributed by atoms with Gasteiger partial charge in [-0.25, -0.2) is 0 Å². The van der Waals surface area contributed by atoms with Crippen LogP contribution in [0.1, 0.15) is 18.6 Å². The van der Waals surface area contributed by atoms with Crippen LogP contribution in [0.4, 0.5) is 0 Å². The molecule has 0 aromatic heterocycles. The van der Waals surface area contributed by atoms with Crippen molar-refractivity contribution in [1.82, 2.24) is 0 Å². The number of benzene rings is 1. The number of aliphatic hydroxyl groups is 1. The van der Waals surface area contributed by atoms with E-state index in [-0.39, 0.29) is 6.10 Å². The smallest absolute Gasteiger partial charge is 0.109 e. The second-order valence-electron chi connectivity index (χ2n) is 2.92. The van der Waals surface area contributed by atoms with E-state index in [2.05, 4.69) is 22.6 Å². The van der Waals surface area contributed by atoms with Crippen LogP contribution >= 0.6 is 22.6 Å². The fourth-order valence-electron chi connectivity index (χ4n) is 1.29. The molecule has 0 unspecified atom stereocenters. The van der Waals surface area contributed by atoms with Crippen LogP contribution in [-0.4, -0.2) is 18.3 Å². The van der Waals surface area contributed by atoms with Gasteiger partial charge < -0.3 is 9.84 Å². The van der Waals surface area contributed by atoms with Crippen LogP contribution in [0.3, 0.4) is 0 Å². The first kappa shape index (κ1) is 10.9. The number of halogens is 1. The fourth-order valence-corrected chi connectivity index (χ4v) is 1.98. The first-order valence-corrected chi connectivity index (χ1v) is 5.20. The Morgan fingerprint density at radius 1 is 1.38 bits per heavy atom. The van der Waals surface area contributed by atoms with Gasteiger partial charge in [-0.05, 0) is 41.1 Å². The van der Waals surface area contributed by atoms with Gasteiger partial charge in [0.2, 0.25) is 0 Å². The van der Waals surface area contributed by atoms with E-state index in [1.54, 1.807) is 14.0 Å². The average molecular weight is 292 g/mol. The summed E-state index contributed by atoms with van der Waals surface area (Å²) >= 11 is 2.24. The van der Waals surface area contributed by atoms with Crippen molar-refractivity contribution in [3.63, 3.8) is 0 Å². The van der Waals surface area contributed by atoms with Crippen molar-refractivity contribution in [2.75, 3.05) is 7.11 Å². The molecule has 13 heavy (non-hydrogen) atoms. The summed E-state index contributed by atoms with van der Waals surface area (Å²) in [4.78, 5) is 0. The maximum absolute atomic E-state index is 9.46. The molecule has 2 atom stereocenters. The fraction of sp³-hybridized carbons (Fsp3) is 0.400. The van der Waals surface area contributed by atoms with Crippen molar-refractivity contribution >= 4 is 22.6 Å². The van der Waals surface area contributed by atoms with E-state index in [1.807, 2.05) is 24.3 Å². The average Bonchev–Trinajstić information content (AvgIpc) is 2.09. The lowest BCUT2D eigenvalue weighted by atomic mass is 10.1. The molecule has 0 heterocycles. The molecule has 0 saturated carbocycles. The summed E-state index contributed by atoms with van der Waals surface area (Å²) in [5.74, 6) is 0. The monoisotopic (exact) mass is 292 g/mol. The standard InChI is InChI=1S/C10H13IO2/c1-7(12)10(13-2)8-5-3-4-6-9(8)11/h3-7,10,12H,1-2H3/t7-,10+/m0/s1. The molecule has 0 aliphatic heterocycles. The minimum absolute atomic E-state index is 0.229. The Hall–Kier alpha value is -0.130. The Balaban J connectivity index is 2.97.